The van der Waals surface area contributed by atoms with E-state index in [4.69, 9.17) is 0 Å². The van der Waals surface area contributed by atoms with Crippen molar-refractivity contribution in [3.63, 3.8) is 0 Å². The Balaban J connectivity index is 1.47. The third-order valence-electron chi connectivity index (χ3n) is 5.74. The summed E-state index contributed by atoms with van der Waals surface area (Å²) in [7, 11) is -6.96. The number of rotatable bonds is 4. The van der Waals surface area contributed by atoms with Crippen LogP contribution >= 0.6 is 0 Å². The molecule has 0 radical (unpaired) electrons. The molecule has 2 aliphatic heterocycles. The van der Waals surface area contributed by atoms with Gasteiger partial charge in [-0.1, -0.05) is 48.5 Å². The van der Waals surface area contributed by atoms with E-state index in [1.165, 1.54) is 4.31 Å². The van der Waals surface area contributed by atoms with Gasteiger partial charge in [0, 0.05) is 31.7 Å². The summed E-state index contributed by atoms with van der Waals surface area (Å²) in [5.41, 5.74) is 2.38. The minimum absolute atomic E-state index is 0.0778. The van der Waals surface area contributed by atoms with E-state index in [1.54, 1.807) is 11.0 Å². The molecule has 0 saturated carbocycles. The van der Waals surface area contributed by atoms with E-state index in [0.717, 1.165) is 11.1 Å². The van der Waals surface area contributed by atoms with Crippen molar-refractivity contribution in [1.29, 1.82) is 0 Å². The number of piperazine rings is 1. The topological polar surface area (TPSA) is 91.8 Å². The molecule has 0 aliphatic carbocycles. The number of benzene rings is 2. The lowest BCUT2D eigenvalue weighted by atomic mass is 9.99. The predicted molar refractivity (Wildman–Crippen MR) is 115 cm³/mol. The smallest absolute Gasteiger partial charge is 0.254 e. The molecule has 9 heteroatoms. The van der Waals surface area contributed by atoms with Crippen LogP contribution in [0.25, 0.3) is 11.1 Å². The summed E-state index contributed by atoms with van der Waals surface area (Å²) in [6, 6.07) is 17.1. The highest BCUT2D eigenvalue weighted by atomic mass is 32.2. The molecule has 2 saturated heterocycles. The maximum absolute atomic E-state index is 13.2. The molecule has 1 atom stereocenters. The van der Waals surface area contributed by atoms with Gasteiger partial charge in [-0.3, -0.25) is 4.79 Å². The van der Waals surface area contributed by atoms with Gasteiger partial charge in [0.15, 0.2) is 9.84 Å². The van der Waals surface area contributed by atoms with E-state index in [0.29, 0.717) is 5.56 Å². The summed E-state index contributed by atoms with van der Waals surface area (Å²) in [4.78, 5) is 14.8. The Morgan fingerprint density at radius 3 is 2.17 bits per heavy atom. The second-order valence-corrected chi connectivity index (χ2v) is 12.1. The molecule has 7 nitrogen and oxygen atoms in total. The molecule has 2 aliphatic rings. The van der Waals surface area contributed by atoms with E-state index in [1.807, 2.05) is 48.5 Å². The average molecular weight is 449 g/mol. The number of carbonyl (C=O) groups excluding carboxylic acids is 1. The number of sulfonamides is 1. The van der Waals surface area contributed by atoms with Crippen molar-refractivity contribution >= 4 is 25.8 Å². The largest absolute Gasteiger partial charge is 0.336 e. The van der Waals surface area contributed by atoms with E-state index in [2.05, 4.69) is 0 Å². The maximum Gasteiger partial charge on any atom is 0.254 e. The van der Waals surface area contributed by atoms with Crippen LogP contribution in [0, 0.1) is 0 Å². The highest BCUT2D eigenvalue weighted by Crippen LogP contribution is 2.26. The normalized spacial score (nSPS) is 22.1. The first kappa shape index (κ1) is 21.0. The first-order valence-electron chi connectivity index (χ1n) is 9.91. The van der Waals surface area contributed by atoms with Gasteiger partial charge >= 0.3 is 0 Å². The zero-order chi connectivity index (χ0) is 21.4. The molecular formula is C21H24N2O5S2. The van der Waals surface area contributed by atoms with Crippen LogP contribution in [0.3, 0.4) is 0 Å². The Kier molecular flexibility index (Phi) is 5.69. The van der Waals surface area contributed by atoms with Crippen molar-refractivity contribution in [1.82, 2.24) is 9.21 Å². The molecule has 0 bridgehead atoms. The van der Waals surface area contributed by atoms with Gasteiger partial charge in [-0.05, 0) is 23.6 Å². The first-order valence-corrected chi connectivity index (χ1v) is 13.2. The highest BCUT2D eigenvalue weighted by Gasteiger charge is 2.41. The first-order chi connectivity index (χ1) is 14.3. The summed E-state index contributed by atoms with van der Waals surface area (Å²) < 4.78 is 50.3. The molecule has 1 amide bonds. The average Bonchev–Trinajstić information content (AvgIpc) is 3.14. The molecule has 0 unspecified atom stereocenters. The molecule has 160 valence electrons. The quantitative estimate of drug-likeness (QED) is 0.709. The summed E-state index contributed by atoms with van der Waals surface area (Å²) in [5, 5.41) is -0.872. The van der Waals surface area contributed by atoms with Crippen LogP contribution < -0.4 is 0 Å². The van der Waals surface area contributed by atoms with Crippen molar-refractivity contribution in [2.75, 3.05) is 37.7 Å². The van der Waals surface area contributed by atoms with Crippen LogP contribution in [0.1, 0.15) is 16.8 Å². The van der Waals surface area contributed by atoms with Crippen molar-refractivity contribution in [3.05, 3.63) is 60.2 Å². The minimum Gasteiger partial charge on any atom is -0.336 e. The van der Waals surface area contributed by atoms with E-state index < -0.39 is 25.1 Å². The van der Waals surface area contributed by atoms with Gasteiger partial charge in [-0.15, -0.1) is 0 Å². The summed E-state index contributed by atoms with van der Waals surface area (Å²) in [5.74, 6) is -0.514. The molecule has 0 N–H and O–H groups in total. The fourth-order valence-corrected chi connectivity index (χ4v) is 8.57. The second-order valence-electron chi connectivity index (χ2n) is 7.67. The van der Waals surface area contributed by atoms with Crippen LogP contribution in [-0.2, 0) is 19.9 Å². The number of sulfone groups is 1. The van der Waals surface area contributed by atoms with E-state index in [9.17, 15) is 21.6 Å². The van der Waals surface area contributed by atoms with Gasteiger partial charge in [-0.2, -0.15) is 4.31 Å². The second kappa shape index (κ2) is 8.13. The van der Waals surface area contributed by atoms with Gasteiger partial charge in [0.05, 0.1) is 16.8 Å². The summed E-state index contributed by atoms with van der Waals surface area (Å²) in [6.07, 6.45) is 0.147. The Hall–Kier alpha value is -2.23. The predicted octanol–water partition coefficient (Wildman–Crippen LogP) is 1.63. The van der Waals surface area contributed by atoms with Gasteiger partial charge in [0.2, 0.25) is 10.0 Å². The molecular weight excluding hydrogens is 424 g/mol. The van der Waals surface area contributed by atoms with Crippen LogP contribution in [0.4, 0.5) is 0 Å². The third-order valence-corrected chi connectivity index (χ3v) is 10.0. The Morgan fingerprint density at radius 2 is 1.53 bits per heavy atom. The van der Waals surface area contributed by atoms with Crippen LogP contribution in [0.15, 0.2) is 54.6 Å². The number of nitrogens with zero attached hydrogens (tertiary/aromatic N) is 2. The fourth-order valence-electron chi connectivity index (χ4n) is 4.06. The molecule has 2 aromatic carbocycles. The number of hydrogen-bond acceptors (Lipinski definition) is 5. The monoisotopic (exact) mass is 448 g/mol. The summed E-state index contributed by atoms with van der Waals surface area (Å²) in [6.45, 7) is 0.914. The van der Waals surface area contributed by atoms with Crippen LogP contribution in [0.2, 0.25) is 0 Å². The van der Waals surface area contributed by atoms with Gasteiger partial charge < -0.3 is 4.90 Å². The van der Waals surface area contributed by atoms with Gasteiger partial charge in [-0.25, -0.2) is 16.8 Å². The molecule has 2 fully saturated rings. The highest BCUT2D eigenvalue weighted by molar-refractivity contribution is 7.95. The SMILES string of the molecule is O=C(c1ccccc1-c1ccccc1)N1CCN(S(=O)(=O)[C@@H]2CCS(=O)(=O)C2)CC1. The van der Waals surface area contributed by atoms with Crippen LogP contribution in [0.5, 0.6) is 0 Å². The van der Waals surface area contributed by atoms with Crippen molar-refractivity contribution in [2.24, 2.45) is 0 Å². The Labute approximate surface area is 177 Å². The molecule has 2 aromatic rings. The third kappa shape index (κ3) is 4.14. The number of hydrogen-bond donors (Lipinski definition) is 0. The van der Waals surface area contributed by atoms with E-state index >= 15 is 0 Å². The Bertz CT molecular complexity index is 1140. The summed E-state index contributed by atoms with van der Waals surface area (Å²) >= 11 is 0. The van der Waals surface area contributed by atoms with Gasteiger partial charge in [0.1, 0.15) is 0 Å². The molecule has 0 spiro atoms. The Morgan fingerprint density at radius 1 is 0.900 bits per heavy atom. The minimum atomic E-state index is -3.68. The zero-order valence-corrected chi connectivity index (χ0v) is 18.1. The maximum atomic E-state index is 13.2. The zero-order valence-electron chi connectivity index (χ0n) is 16.5. The van der Waals surface area contributed by atoms with Crippen LogP contribution in [-0.4, -0.2) is 74.9 Å². The number of carbonyl (C=O) groups is 1. The van der Waals surface area contributed by atoms with Crippen molar-refractivity contribution in [3.8, 4) is 11.1 Å². The molecule has 2 heterocycles. The lowest BCUT2D eigenvalue weighted by Gasteiger charge is -2.35. The number of amides is 1. The lowest BCUT2D eigenvalue weighted by Crippen LogP contribution is -2.52. The lowest BCUT2D eigenvalue weighted by molar-refractivity contribution is 0.0698. The van der Waals surface area contributed by atoms with E-state index in [-0.39, 0.29) is 50.0 Å². The molecule has 4 rings (SSSR count). The fraction of sp³-hybridized carbons (Fsp3) is 0.381. The molecule has 30 heavy (non-hydrogen) atoms. The van der Waals surface area contributed by atoms with Crippen molar-refractivity contribution in [2.45, 2.75) is 11.7 Å². The van der Waals surface area contributed by atoms with Crippen molar-refractivity contribution < 1.29 is 21.6 Å². The van der Waals surface area contributed by atoms with Gasteiger partial charge in [0.25, 0.3) is 5.91 Å². The molecule has 0 aromatic heterocycles. The standard InChI is InChI=1S/C21H24N2O5S2/c24-21(20-9-5-4-8-19(20)17-6-2-1-3-7-17)22-11-13-23(14-12-22)30(27,28)18-10-15-29(25,26)16-18/h1-9,18H,10-16H2/t18-/m1/s1.